The Balaban J connectivity index is 3.75. The molecule has 0 aromatic carbocycles. The molecule has 0 aliphatic heterocycles. The molecule has 54 valence electrons. The predicted octanol–water partition coefficient (Wildman–Crippen LogP) is 2.37. The molecule has 1 nitrogen and oxygen atoms in total. The molecule has 0 rings (SSSR count). The summed E-state index contributed by atoms with van der Waals surface area (Å²) < 4.78 is 0. The van der Waals surface area contributed by atoms with Crippen LogP contribution >= 0.6 is 31.9 Å². The number of hydrogen-bond donors (Lipinski definition) is 0. The summed E-state index contributed by atoms with van der Waals surface area (Å²) in [5, 5.41) is 1.73. The van der Waals surface area contributed by atoms with Gasteiger partial charge in [-0.1, -0.05) is 38.8 Å². The van der Waals surface area contributed by atoms with E-state index in [1.54, 1.807) is 0 Å². The van der Waals surface area contributed by atoms with Crippen LogP contribution in [0.3, 0.4) is 0 Å². The molecule has 9 heavy (non-hydrogen) atoms. The molecular formula is C6H10Br2O. The largest absolute Gasteiger partial charge is 0.303 e. The average Bonchev–Trinajstić information content (AvgIpc) is 1.89. The summed E-state index contributed by atoms with van der Waals surface area (Å²) in [6, 6.07) is 0. The van der Waals surface area contributed by atoms with E-state index in [-0.39, 0.29) is 5.41 Å². The van der Waals surface area contributed by atoms with Gasteiger partial charge in [-0.25, -0.2) is 0 Å². The maximum absolute atomic E-state index is 10.1. The van der Waals surface area contributed by atoms with Crippen LogP contribution in [-0.2, 0) is 4.79 Å². The van der Waals surface area contributed by atoms with Crippen molar-refractivity contribution in [3.8, 4) is 0 Å². The molecule has 0 radical (unpaired) electrons. The Morgan fingerprint density at radius 1 is 1.44 bits per heavy atom. The number of carbonyl (C=O) groups excluding carboxylic acids is 1. The second kappa shape index (κ2) is 4.45. The fraction of sp³-hybridized carbons (Fsp3) is 0.833. The zero-order valence-corrected chi connectivity index (χ0v) is 8.53. The van der Waals surface area contributed by atoms with Gasteiger partial charge in [-0.05, 0) is 5.41 Å². The smallest absolute Gasteiger partial charge is 0.120 e. The van der Waals surface area contributed by atoms with Crippen LogP contribution in [0.4, 0.5) is 0 Å². The van der Waals surface area contributed by atoms with Gasteiger partial charge >= 0.3 is 0 Å². The van der Waals surface area contributed by atoms with Crippen LogP contribution < -0.4 is 0 Å². The van der Waals surface area contributed by atoms with Gasteiger partial charge in [-0.2, -0.15) is 0 Å². The molecular weight excluding hydrogens is 248 g/mol. The Labute approximate surface area is 72.5 Å². The van der Waals surface area contributed by atoms with Gasteiger partial charge in [0, 0.05) is 17.1 Å². The van der Waals surface area contributed by atoms with E-state index in [1.807, 2.05) is 0 Å². The molecule has 0 saturated carbocycles. The predicted molar refractivity (Wildman–Crippen MR) is 46.4 cm³/mol. The van der Waals surface area contributed by atoms with E-state index in [9.17, 15) is 4.79 Å². The Morgan fingerprint density at radius 3 is 2.00 bits per heavy atom. The van der Waals surface area contributed by atoms with E-state index < -0.39 is 0 Å². The third-order valence-electron chi connectivity index (χ3n) is 1.22. The van der Waals surface area contributed by atoms with Crippen LogP contribution in [0.5, 0.6) is 0 Å². The highest BCUT2D eigenvalue weighted by molar-refractivity contribution is 9.09. The lowest BCUT2D eigenvalue weighted by Crippen LogP contribution is -2.20. The SMILES string of the molecule is CC(CBr)(CBr)CC=O. The minimum absolute atomic E-state index is 0.0990. The second-order valence-corrected chi connectivity index (χ2v) is 3.57. The fourth-order valence-corrected chi connectivity index (χ4v) is 1.73. The number of carbonyl (C=O) groups is 1. The highest BCUT2D eigenvalue weighted by Gasteiger charge is 2.20. The molecule has 0 unspecified atom stereocenters. The first kappa shape index (κ1) is 9.63. The molecule has 0 aromatic rings. The highest BCUT2D eigenvalue weighted by atomic mass is 79.9. The topological polar surface area (TPSA) is 17.1 Å². The van der Waals surface area contributed by atoms with Crippen molar-refractivity contribution in [2.24, 2.45) is 5.41 Å². The van der Waals surface area contributed by atoms with E-state index in [2.05, 4.69) is 38.8 Å². The molecule has 0 spiro atoms. The van der Waals surface area contributed by atoms with Gasteiger partial charge < -0.3 is 4.79 Å². The van der Waals surface area contributed by atoms with Crippen molar-refractivity contribution in [3.05, 3.63) is 0 Å². The van der Waals surface area contributed by atoms with E-state index in [4.69, 9.17) is 0 Å². The maximum Gasteiger partial charge on any atom is 0.120 e. The van der Waals surface area contributed by atoms with E-state index in [0.29, 0.717) is 6.42 Å². The van der Waals surface area contributed by atoms with Crippen molar-refractivity contribution in [2.75, 3.05) is 10.7 Å². The molecule has 0 atom stereocenters. The molecule has 0 aliphatic rings. The van der Waals surface area contributed by atoms with Crippen LogP contribution in [-0.4, -0.2) is 16.9 Å². The standard InChI is InChI=1S/C6H10Br2O/c1-6(4-7,5-8)2-3-9/h3H,2,4-5H2,1H3. The van der Waals surface area contributed by atoms with Gasteiger partial charge in [-0.15, -0.1) is 0 Å². The Morgan fingerprint density at radius 2 is 1.89 bits per heavy atom. The molecule has 0 N–H and O–H groups in total. The lowest BCUT2D eigenvalue weighted by molar-refractivity contribution is -0.109. The van der Waals surface area contributed by atoms with Crippen LogP contribution in [0, 0.1) is 5.41 Å². The molecule has 0 aliphatic carbocycles. The lowest BCUT2D eigenvalue weighted by atomic mass is 9.93. The average molecular weight is 258 g/mol. The quantitative estimate of drug-likeness (QED) is 0.558. The summed E-state index contributed by atoms with van der Waals surface area (Å²) in [5.41, 5.74) is 0.0990. The fourth-order valence-electron chi connectivity index (χ4n) is 0.346. The number of hydrogen-bond acceptors (Lipinski definition) is 1. The summed E-state index contributed by atoms with van der Waals surface area (Å²) in [6.07, 6.45) is 1.58. The van der Waals surface area contributed by atoms with Gasteiger partial charge in [-0.3, -0.25) is 0 Å². The van der Waals surface area contributed by atoms with E-state index in [1.165, 1.54) is 0 Å². The molecule has 0 bridgehead atoms. The maximum atomic E-state index is 10.1. The third-order valence-corrected chi connectivity index (χ3v) is 3.93. The molecule has 0 saturated heterocycles. The first-order chi connectivity index (χ1) is 4.18. The zero-order chi connectivity index (χ0) is 7.33. The summed E-state index contributed by atoms with van der Waals surface area (Å²) >= 11 is 6.69. The van der Waals surface area contributed by atoms with Crippen molar-refractivity contribution < 1.29 is 4.79 Å². The van der Waals surface area contributed by atoms with Crippen LogP contribution in [0.1, 0.15) is 13.3 Å². The van der Waals surface area contributed by atoms with Gasteiger partial charge in [0.1, 0.15) is 6.29 Å². The second-order valence-electron chi connectivity index (χ2n) is 2.45. The van der Waals surface area contributed by atoms with Crippen molar-refractivity contribution in [3.63, 3.8) is 0 Å². The summed E-state index contributed by atoms with van der Waals surface area (Å²) in [5.74, 6) is 0. The number of rotatable bonds is 4. The van der Waals surface area contributed by atoms with Crippen molar-refractivity contribution in [2.45, 2.75) is 13.3 Å². The molecule has 0 heterocycles. The van der Waals surface area contributed by atoms with Crippen LogP contribution in [0.25, 0.3) is 0 Å². The highest BCUT2D eigenvalue weighted by Crippen LogP contribution is 2.24. The van der Waals surface area contributed by atoms with Gasteiger partial charge in [0.15, 0.2) is 0 Å². The van der Waals surface area contributed by atoms with Crippen LogP contribution in [0.2, 0.25) is 0 Å². The molecule has 0 fully saturated rings. The first-order valence-corrected chi connectivity index (χ1v) is 4.98. The monoisotopic (exact) mass is 256 g/mol. The molecule has 0 aromatic heterocycles. The van der Waals surface area contributed by atoms with Crippen molar-refractivity contribution in [1.82, 2.24) is 0 Å². The third kappa shape index (κ3) is 3.36. The van der Waals surface area contributed by atoms with E-state index >= 15 is 0 Å². The van der Waals surface area contributed by atoms with Crippen molar-refractivity contribution in [1.29, 1.82) is 0 Å². The summed E-state index contributed by atoms with van der Waals surface area (Å²) in [4.78, 5) is 10.1. The Kier molecular flexibility index (Phi) is 4.76. The summed E-state index contributed by atoms with van der Waals surface area (Å²) in [7, 11) is 0. The lowest BCUT2D eigenvalue weighted by Gasteiger charge is -2.20. The number of aldehydes is 1. The zero-order valence-electron chi connectivity index (χ0n) is 5.36. The molecule has 0 amide bonds. The van der Waals surface area contributed by atoms with Gasteiger partial charge in [0.25, 0.3) is 0 Å². The number of alkyl halides is 2. The summed E-state index contributed by atoms with van der Waals surface area (Å²) in [6.45, 7) is 2.06. The van der Waals surface area contributed by atoms with Gasteiger partial charge in [0.05, 0.1) is 0 Å². The van der Waals surface area contributed by atoms with Crippen molar-refractivity contribution >= 4 is 38.1 Å². The minimum Gasteiger partial charge on any atom is -0.303 e. The molecule has 3 heteroatoms. The number of halogens is 2. The minimum atomic E-state index is 0.0990. The van der Waals surface area contributed by atoms with E-state index in [0.717, 1.165) is 16.9 Å². The Bertz CT molecular complexity index is 89.1. The normalized spacial score (nSPS) is 11.4. The van der Waals surface area contributed by atoms with Crippen LogP contribution in [0.15, 0.2) is 0 Å². The Hall–Kier alpha value is 0.630. The van der Waals surface area contributed by atoms with Gasteiger partial charge in [0.2, 0.25) is 0 Å². The first-order valence-electron chi connectivity index (χ1n) is 2.74.